The smallest absolute Gasteiger partial charge is 0.225 e. The minimum atomic E-state index is -0.0874. The highest BCUT2D eigenvalue weighted by Crippen LogP contribution is 2.09. The summed E-state index contributed by atoms with van der Waals surface area (Å²) in [5, 5.41) is 11.4. The third-order valence-electron chi connectivity index (χ3n) is 2.40. The molecule has 0 aliphatic rings. The Bertz CT molecular complexity index is 406. The molecule has 17 heavy (non-hydrogen) atoms. The zero-order chi connectivity index (χ0) is 12.7. The number of nitrogens with zero attached hydrogens (tertiary/aromatic N) is 1. The maximum absolute atomic E-state index is 11.6. The molecule has 90 valence electrons. The summed E-state index contributed by atoms with van der Waals surface area (Å²) in [6.07, 6.45) is 2.15. The Kier molecular flexibility index (Phi) is 5.18. The Morgan fingerprint density at radius 3 is 2.65 bits per heavy atom. The Morgan fingerprint density at radius 1 is 1.47 bits per heavy atom. The molecular weight excluding hydrogens is 214 g/mol. The van der Waals surface area contributed by atoms with Gasteiger partial charge in [-0.25, -0.2) is 0 Å². The minimum absolute atomic E-state index is 0.0848. The number of rotatable bonds is 5. The lowest BCUT2D eigenvalue weighted by Crippen LogP contribution is -2.26. The monoisotopic (exact) mass is 231 g/mol. The van der Waals surface area contributed by atoms with Gasteiger partial charge in [0.05, 0.1) is 11.6 Å². The second kappa shape index (κ2) is 6.66. The number of hydrogen-bond donors (Lipinski definition) is 2. The second-order valence-corrected chi connectivity index (χ2v) is 3.99. The summed E-state index contributed by atoms with van der Waals surface area (Å²) in [7, 11) is 0. The zero-order valence-corrected chi connectivity index (χ0v) is 9.94. The third kappa shape index (κ3) is 4.66. The summed E-state index contributed by atoms with van der Waals surface area (Å²) >= 11 is 0. The third-order valence-corrected chi connectivity index (χ3v) is 2.40. The molecule has 0 saturated heterocycles. The highest BCUT2D eigenvalue weighted by atomic mass is 16.1. The lowest BCUT2D eigenvalue weighted by atomic mass is 10.1. The molecule has 1 amide bonds. The van der Waals surface area contributed by atoms with E-state index in [0.717, 1.165) is 12.8 Å². The van der Waals surface area contributed by atoms with Crippen molar-refractivity contribution in [1.29, 1.82) is 5.26 Å². The van der Waals surface area contributed by atoms with Gasteiger partial charge in [0, 0.05) is 18.2 Å². The number of carbonyl (C=O) groups excluding carboxylic acids is 1. The predicted octanol–water partition coefficient (Wildman–Crippen LogP) is 2.01. The summed E-state index contributed by atoms with van der Waals surface area (Å²) in [5.41, 5.74) is 7.05. The molecule has 1 aromatic carbocycles. The normalized spacial score (nSPS) is 11.6. The topological polar surface area (TPSA) is 78.9 Å². The van der Waals surface area contributed by atoms with Crippen LogP contribution in [0.25, 0.3) is 0 Å². The van der Waals surface area contributed by atoms with E-state index in [9.17, 15) is 4.79 Å². The molecule has 0 aliphatic carbocycles. The molecule has 1 unspecified atom stereocenters. The molecule has 0 heterocycles. The van der Waals surface area contributed by atoms with E-state index in [-0.39, 0.29) is 11.9 Å². The molecule has 3 N–H and O–H groups in total. The fraction of sp³-hybridized carbons (Fsp3) is 0.385. The van der Waals surface area contributed by atoms with Gasteiger partial charge in [-0.2, -0.15) is 5.26 Å². The first-order valence-corrected chi connectivity index (χ1v) is 5.71. The van der Waals surface area contributed by atoms with Crippen molar-refractivity contribution in [3.05, 3.63) is 29.8 Å². The van der Waals surface area contributed by atoms with Gasteiger partial charge in [0.2, 0.25) is 5.91 Å². The summed E-state index contributed by atoms with van der Waals surface area (Å²) in [6.45, 7) is 2.04. The first-order chi connectivity index (χ1) is 8.15. The van der Waals surface area contributed by atoms with Crippen LogP contribution in [0.2, 0.25) is 0 Å². The highest BCUT2D eigenvalue weighted by Gasteiger charge is 2.08. The van der Waals surface area contributed by atoms with Crippen LogP contribution in [-0.4, -0.2) is 11.9 Å². The first kappa shape index (κ1) is 13.2. The Hall–Kier alpha value is -1.86. The van der Waals surface area contributed by atoms with Gasteiger partial charge in [-0.3, -0.25) is 4.79 Å². The standard InChI is InChI=1S/C13H17N3O/c1-2-3-11(15)8-13(17)16-12-6-4-10(9-14)5-7-12/h4-7,11H,2-3,8,15H2,1H3,(H,16,17). The average molecular weight is 231 g/mol. The molecule has 0 saturated carbocycles. The Labute approximate surface area is 101 Å². The van der Waals surface area contributed by atoms with Gasteiger partial charge >= 0.3 is 0 Å². The zero-order valence-electron chi connectivity index (χ0n) is 9.94. The van der Waals surface area contributed by atoms with E-state index in [0.29, 0.717) is 17.7 Å². The van der Waals surface area contributed by atoms with Crippen molar-refractivity contribution >= 4 is 11.6 Å². The number of hydrogen-bond acceptors (Lipinski definition) is 3. The van der Waals surface area contributed by atoms with Gasteiger partial charge in [0.1, 0.15) is 0 Å². The quantitative estimate of drug-likeness (QED) is 0.813. The van der Waals surface area contributed by atoms with Crippen LogP contribution in [0.3, 0.4) is 0 Å². The molecule has 0 radical (unpaired) electrons. The summed E-state index contributed by atoms with van der Waals surface area (Å²) < 4.78 is 0. The SMILES string of the molecule is CCCC(N)CC(=O)Nc1ccc(C#N)cc1. The molecule has 4 nitrogen and oxygen atoms in total. The van der Waals surface area contributed by atoms with Crippen LogP contribution in [0.15, 0.2) is 24.3 Å². The van der Waals surface area contributed by atoms with E-state index in [1.165, 1.54) is 0 Å². The van der Waals surface area contributed by atoms with E-state index < -0.39 is 0 Å². The maximum Gasteiger partial charge on any atom is 0.225 e. The van der Waals surface area contributed by atoms with Crippen molar-refractivity contribution in [3.63, 3.8) is 0 Å². The van der Waals surface area contributed by atoms with Crippen molar-refractivity contribution in [2.24, 2.45) is 5.73 Å². The fourth-order valence-corrected chi connectivity index (χ4v) is 1.55. The Balaban J connectivity index is 2.48. The summed E-state index contributed by atoms with van der Waals surface area (Å²) in [5.74, 6) is -0.0874. The van der Waals surface area contributed by atoms with Crippen LogP contribution in [0, 0.1) is 11.3 Å². The molecular formula is C13H17N3O. The van der Waals surface area contributed by atoms with Gasteiger partial charge in [-0.15, -0.1) is 0 Å². The van der Waals surface area contributed by atoms with Crippen LogP contribution < -0.4 is 11.1 Å². The molecule has 0 aliphatic heterocycles. The van der Waals surface area contributed by atoms with Gasteiger partial charge in [0.25, 0.3) is 0 Å². The maximum atomic E-state index is 11.6. The molecule has 0 spiro atoms. The predicted molar refractivity (Wildman–Crippen MR) is 67.3 cm³/mol. The van der Waals surface area contributed by atoms with Crippen LogP contribution in [0.4, 0.5) is 5.69 Å². The van der Waals surface area contributed by atoms with Crippen molar-refractivity contribution in [2.75, 3.05) is 5.32 Å². The molecule has 0 bridgehead atoms. The van der Waals surface area contributed by atoms with E-state index in [4.69, 9.17) is 11.0 Å². The molecule has 4 heteroatoms. The molecule has 0 aromatic heterocycles. The number of amides is 1. The van der Waals surface area contributed by atoms with Crippen LogP contribution in [0.1, 0.15) is 31.7 Å². The molecule has 1 aromatic rings. The number of nitriles is 1. The van der Waals surface area contributed by atoms with Gasteiger partial charge in [-0.05, 0) is 30.7 Å². The van der Waals surface area contributed by atoms with Crippen molar-refractivity contribution in [2.45, 2.75) is 32.2 Å². The number of benzene rings is 1. The van der Waals surface area contributed by atoms with Crippen molar-refractivity contribution in [3.8, 4) is 6.07 Å². The first-order valence-electron chi connectivity index (χ1n) is 5.71. The fourth-order valence-electron chi connectivity index (χ4n) is 1.55. The number of anilines is 1. The van der Waals surface area contributed by atoms with E-state index >= 15 is 0 Å². The second-order valence-electron chi connectivity index (χ2n) is 3.99. The number of carbonyl (C=O) groups is 1. The molecule has 1 atom stereocenters. The summed E-state index contributed by atoms with van der Waals surface area (Å²) in [6, 6.07) is 8.70. The van der Waals surface area contributed by atoms with Crippen LogP contribution in [-0.2, 0) is 4.79 Å². The van der Waals surface area contributed by atoms with E-state index in [1.54, 1.807) is 24.3 Å². The largest absolute Gasteiger partial charge is 0.327 e. The lowest BCUT2D eigenvalue weighted by Gasteiger charge is -2.10. The summed E-state index contributed by atoms with van der Waals surface area (Å²) in [4.78, 5) is 11.6. The lowest BCUT2D eigenvalue weighted by molar-refractivity contribution is -0.116. The molecule has 1 rings (SSSR count). The molecule has 0 fully saturated rings. The van der Waals surface area contributed by atoms with Crippen molar-refractivity contribution < 1.29 is 4.79 Å². The van der Waals surface area contributed by atoms with Crippen molar-refractivity contribution in [1.82, 2.24) is 0 Å². The minimum Gasteiger partial charge on any atom is -0.327 e. The van der Waals surface area contributed by atoms with E-state index in [2.05, 4.69) is 5.32 Å². The van der Waals surface area contributed by atoms with Crippen LogP contribution >= 0.6 is 0 Å². The highest BCUT2D eigenvalue weighted by molar-refractivity contribution is 5.91. The average Bonchev–Trinajstić information content (AvgIpc) is 2.30. The van der Waals surface area contributed by atoms with Gasteiger partial charge < -0.3 is 11.1 Å². The number of nitrogens with two attached hydrogens (primary N) is 1. The van der Waals surface area contributed by atoms with E-state index in [1.807, 2.05) is 13.0 Å². The van der Waals surface area contributed by atoms with Crippen LogP contribution in [0.5, 0.6) is 0 Å². The van der Waals surface area contributed by atoms with Gasteiger partial charge in [-0.1, -0.05) is 13.3 Å². The Morgan fingerprint density at radius 2 is 2.12 bits per heavy atom. The number of nitrogens with one attached hydrogen (secondary N) is 1. The van der Waals surface area contributed by atoms with Gasteiger partial charge in [0.15, 0.2) is 0 Å².